The maximum Gasteiger partial charge on any atom is 0.135 e. The normalized spacial score (nSPS) is 15.3. The monoisotopic (exact) mass is 829 g/mol. The van der Waals surface area contributed by atoms with Gasteiger partial charge in [0.05, 0.1) is 11.1 Å². The van der Waals surface area contributed by atoms with Gasteiger partial charge in [0.25, 0.3) is 0 Å². The second-order valence-electron chi connectivity index (χ2n) is 17.7. The second kappa shape index (κ2) is 14.4. The summed E-state index contributed by atoms with van der Waals surface area (Å²) in [5, 5.41) is 2.26. The van der Waals surface area contributed by atoms with Crippen LogP contribution in [0, 0.1) is 0 Å². The fourth-order valence-corrected chi connectivity index (χ4v) is 11.5. The summed E-state index contributed by atoms with van der Waals surface area (Å²) in [6.07, 6.45) is 0. The number of fused-ring (bicyclic) bond motifs is 9. The summed E-state index contributed by atoms with van der Waals surface area (Å²) in [7, 11) is 0. The largest absolute Gasteiger partial charge is 0.456 e. The Kier molecular flexibility index (Phi) is 8.29. The van der Waals surface area contributed by atoms with Gasteiger partial charge in [-0.1, -0.05) is 194 Å². The lowest BCUT2D eigenvalue weighted by molar-refractivity contribution is 0.669. The summed E-state index contributed by atoms with van der Waals surface area (Å²) < 4.78 is 6.21. The molecule has 1 heterocycles. The quantitative estimate of drug-likeness (QED) is 0.159. The molecule has 0 fully saturated rings. The van der Waals surface area contributed by atoms with Gasteiger partial charge in [-0.3, -0.25) is 0 Å². The lowest BCUT2D eigenvalue weighted by Gasteiger charge is -2.35. The summed E-state index contributed by atoms with van der Waals surface area (Å²) in [5.74, 6) is 0. The van der Waals surface area contributed by atoms with Gasteiger partial charge in [-0.15, -0.1) is 0 Å². The van der Waals surface area contributed by atoms with E-state index in [9.17, 15) is 0 Å². The molecule has 2 heteroatoms. The number of para-hydroxylation sites is 1. The van der Waals surface area contributed by atoms with Gasteiger partial charge in [0.1, 0.15) is 11.2 Å². The zero-order valence-corrected chi connectivity index (χ0v) is 35.9. The predicted molar refractivity (Wildman–Crippen MR) is 269 cm³/mol. The van der Waals surface area contributed by atoms with Gasteiger partial charge in [0.2, 0.25) is 0 Å². The number of nitrogens with zero attached hydrogens (tertiary/aromatic N) is 1. The van der Waals surface area contributed by atoms with Gasteiger partial charge in [-0.25, -0.2) is 0 Å². The predicted octanol–water partition coefficient (Wildman–Crippen LogP) is 16.4. The van der Waals surface area contributed by atoms with E-state index >= 15 is 0 Å². The van der Waals surface area contributed by atoms with Gasteiger partial charge < -0.3 is 9.32 Å². The Morgan fingerprint density at radius 1 is 0.354 bits per heavy atom. The van der Waals surface area contributed by atoms with Gasteiger partial charge in [-0.2, -0.15) is 0 Å². The first-order valence-corrected chi connectivity index (χ1v) is 22.6. The van der Waals surface area contributed by atoms with Crippen molar-refractivity contribution in [1.29, 1.82) is 0 Å². The Balaban J connectivity index is 1.05. The molecule has 1 aromatic heterocycles. The molecule has 0 spiro atoms. The third-order valence-corrected chi connectivity index (χ3v) is 14.4. The average Bonchev–Trinajstić information content (AvgIpc) is 3.99. The number of hydrogen-bond donors (Lipinski definition) is 0. The molecule has 2 aliphatic carbocycles. The molecule has 65 heavy (non-hydrogen) atoms. The highest BCUT2D eigenvalue weighted by molar-refractivity contribution is 6.06. The van der Waals surface area contributed by atoms with Gasteiger partial charge in [0.15, 0.2) is 0 Å². The van der Waals surface area contributed by atoms with Crippen molar-refractivity contribution in [2.75, 3.05) is 4.90 Å². The first-order valence-electron chi connectivity index (χ1n) is 22.6. The maximum atomic E-state index is 6.21. The third kappa shape index (κ3) is 5.41. The van der Waals surface area contributed by atoms with Gasteiger partial charge in [-0.05, 0) is 122 Å². The van der Waals surface area contributed by atoms with Crippen LogP contribution in [0.15, 0.2) is 247 Å². The molecule has 11 aromatic rings. The molecule has 2 nitrogen and oxygen atoms in total. The highest BCUT2D eigenvalue weighted by Crippen LogP contribution is 2.59. The number of furan rings is 1. The fraction of sp³-hybridized carbons (Fsp3) is 0.0476. The molecular weight excluding hydrogens is 787 g/mol. The van der Waals surface area contributed by atoms with E-state index in [1.807, 2.05) is 12.1 Å². The van der Waals surface area contributed by atoms with Crippen molar-refractivity contribution in [1.82, 2.24) is 0 Å². The first kappa shape index (κ1) is 37.4. The second-order valence-corrected chi connectivity index (χ2v) is 17.7. The lowest BCUT2D eigenvalue weighted by Crippen LogP contribution is -2.28. The Labute approximate surface area is 379 Å². The van der Waals surface area contributed by atoms with E-state index in [0.717, 1.165) is 50.1 Å². The van der Waals surface area contributed by atoms with Gasteiger partial charge >= 0.3 is 0 Å². The van der Waals surface area contributed by atoms with Crippen LogP contribution in [-0.4, -0.2) is 0 Å². The molecule has 1 unspecified atom stereocenters. The topological polar surface area (TPSA) is 16.4 Å². The van der Waals surface area contributed by atoms with E-state index in [1.165, 1.54) is 61.2 Å². The molecule has 0 saturated heterocycles. The molecule has 0 radical (unpaired) electrons. The molecule has 13 rings (SSSR count). The standard InChI is InChI=1S/C63H43NO/c1-62(44-18-5-2-6-19-44)54-27-14-12-26-52(54)61-56(62)29-17-30-58(61)64(47-35-32-42(33-36-47)43-34-39-60-53(40-43)51-25-13-16-31-59(51)65-60)48-37-38-50-49-24-11-15-28-55(49)63(57(50)41-48,45-20-7-3-8-21-45)46-22-9-4-10-23-46/h2-41H,1H3. The zero-order valence-electron chi connectivity index (χ0n) is 35.9. The minimum Gasteiger partial charge on any atom is -0.456 e. The van der Waals surface area contributed by atoms with Crippen molar-refractivity contribution in [2.24, 2.45) is 0 Å². The van der Waals surface area contributed by atoms with Crippen molar-refractivity contribution in [3.8, 4) is 33.4 Å². The van der Waals surface area contributed by atoms with E-state index < -0.39 is 5.41 Å². The van der Waals surface area contributed by atoms with Crippen molar-refractivity contribution >= 4 is 39.0 Å². The van der Waals surface area contributed by atoms with Crippen LogP contribution in [-0.2, 0) is 10.8 Å². The smallest absolute Gasteiger partial charge is 0.135 e. The average molecular weight is 830 g/mol. The fourth-order valence-electron chi connectivity index (χ4n) is 11.5. The number of rotatable bonds is 7. The highest BCUT2D eigenvalue weighted by atomic mass is 16.3. The van der Waals surface area contributed by atoms with Crippen LogP contribution in [0.2, 0.25) is 0 Å². The Bertz CT molecular complexity index is 3570. The Hall–Kier alpha value is -8.20. The van der Waals surface area contributed by atoms with Crippen LogP contribution in [0.5, 0.6) is 0 Å². The summed E-state index contributed by atoms with van der Waals surface area (Å²) in [6.45, 7) is 2.40. The van der Waals surface area contributed by atoms with Crippen LogP contribution in [0.25, 0.3) is 55.3 Å². The summed E-state index contributed by atoms with van der Waals surface area (Å²) >= 11 is 0. The molecule has 1 atom stereocenters. The molecule has 0 N–H and O–H groups in total. The van der Waals surface area contributed by atoms with E-state index in [0.29, 0.717) is 0 Å². The van der Waals surface area contributed by atoms with Crippen molar-refractivity contribution in [3.05, 3.63) is 282 Å². The Morgan fingerprint density at radius 3 is 1.65 bits per heavy atom. The van der Waals surface area contributed by atoms with Crippen LogP contribution in [0.3, 0.4) is 0 Å². The lowest BCUT2D eigenvalue weighted by atomic mass is 9.67. The van der Waals surface area contributed by atoms with Crippen LogP contribution >= 0.6 is 0 Å². The Morgan fingerprint density at radius 2 is 0.908 bits per heavy atom. The molecular formula is C63H43NO. The van der Waals surface area contributed by atoms with E-state index in [2.05, 4.69) is 242 Å². The molecule has 0 saturated carbocycles. The molecule has 10 aromatic carbocycles. The van der Waals surface area contributed by atoms with E-state index in [-0.39, 0.29) is 5.41 Å². The van der Waals surface area contributed by atoms with Crippen molar-refractivity contribution in [2.45, 2.75) is 17.8 Å². The maximum absolute atomic E-state index is 6.21. The van der Waals surface area contributed by atoms with E-state index in [1.54, 1.807) is 0 Å². The summed E-state index contributed by atoms with van der Waals surface area (Å²) in [6, 6.07) is 89.3. The molecule has 0 aliphatic heterocycles. The van der Waals surface area contributed by atoms with Gasteiger partial charge in [0, 0.05) is 33.1 Å². The summed E-state index contributed by atoms with van der Waals surface area (Å²) in [4.78, 5) is 2.51. The molecule has 0 amide bonds. The summed E-state index contributed by atoms with van der Waals surface area (Å²) in [5.41, 5.74) is 20.6. The van der Waals surface area contributed by atoms with Crippen LogP contribution in [0.4, 0.5) is 17.1 Å². The van der Waals surface area contributed by atoms with Crippen molar-refractivity contribution in [3.63, 3.8) is 0 Å². The van der Waals surface area contributed by atoms with Crippen LogP contribution < -0.4 is 4.90 Å². The third-order valence-electron chi connectivity index (χ3n) is 14.4. The minimum absolute atomic E-state index is 0.343. The number of benzene rings is 10. The van der Waals surface area contributed by atoms with Crippen molar-refractivity contribution < 1.29 is 4.42 Å². The zero-order chi connectivity index (χ0) is 43.1. The minimum atomic E-state index is -0.535. The molecule has 2 aliphatic rings. The first-order chi connectivity index (χ1) is 32.1. The molecule has 306 valence electrons. The SMILES string of the molecule is CC1(c2ccccc2)c2ccccc2-c2c(N(c3ccc(-c4ccc5oc6ccccc6c5c4)cc3)c3ccc4c(c3)C(c3ccccc3)(c3ccccc3)c3ccccc3-4)cccc21. The van der Waals surface area contributed by atoms with Crippen LogP contribution in [0.1, 0.15) is 45.9 Å². The molecule has 0 bridgehead atoms. The highest BCUT2D eigenvalue weighted by Gasteiger charge is 2.47. The number of anilines is 3. The van der Waals surface area contributed by atoms with E-state index in [4.69, 9.17) is 4.42 Å². The number of hydrogen-bond acceptors (Lipinski definition) is 2.